The number of nitrogens with zero attached hydrogens (tertiary/aromatic N) is 3. The number of halogens is 1. The number of hydrogen-bond donors (Lipinski definition) is 0. The van der Waals surface area contributed by atoms with Gasteiger partial charge in [0.25, 0.3) is 0 Å². The van der Waals surface area contributed by atoms with Gasteiger partial charge < -0.3 is 14.5 Å². The number of methoxy groups -OCH3 is 1. The van der Waals surface area contributed by atoms with Crippen molar-refractivity contribution in [3.63, 3.8) is 0 Å². The molecule has 1 aliphatic heterocycles. The summed E-state index contributed by atoms with van der Waals surface area (Å²) in [7, 11) is 1.51. The minimum absolute atomic E-state index is 0.0146. The van der Waals surface area contributed by atoms with Crippen LogP contribution in [-0.2, 0) is 16.0 Å². The Morgan fingerprint density at radius 1 is 1.27 bits per heavy atom. The van der Waals surface area contributed by atoms with Gasteiger partial charge in [-0.05, 0) is 24.1 Å². The van der Waals surface area contributed by atoms with Crippen LogP contribution in [0.5, 0.6) is 5.88 Å². The molecule has 0 bridgehead atoms. The quantitative estimate of drug-likeness (QED) is 0.822. The molecule has 0 spiro atoms. The zero-order valence-corrected chi connectivity index (χ0v) is 14.5. The lowest BCUT2D eigenvalue weighted by atomic mass is 10.1. The largest absolute Gasteiger partial charge is 0.481 e. The van der Waals surface area contributed by atoms with Crippen molar-refractivity contribution in [1.29, 1.82) is 0 Å². The van der Waals surface area contributed by atoms with Crippen LogP contribution in [0.1, 0.15) is 12.0 Å². The molecule has 3 rings (SSSR count). The number of anilines is 1. The van der Waals surface area contributed by atoms with Gasteiger partial charge in [-0.2, -0.15) is 0 Å². The van der Waals surface area contributed by atoms with E-state index in [-0.39, 0.29) is 30.6 Å². The predicted molar refractivity (Wildman–Crippen MR) is 94.4 cm³/mol. The minimum atomic E-state index is -0.312. The first-order valence-electron chi connectivity index (χ1n) is 8.40. The molecule has 0 radical (unpaired) electrons. The van der Waals surface area contributed by atoms with E-state index in [2.05, 4.69) is 4.98 Å². The summed E-state index contributed by atoms with van der Waals surface area (Å²) >= 11 is 0. The Labute approximate surface area is 151 Å². The molecule has 1 saturated heterocycles. The van der Waals surface area contributed by atoms with Crippen LogP contribution in [-0.4, -0.2) is 48.4 Å². The van der Waals surface area contributed by atoms with Crippen LogP contribution in [0.15, 0.2) is 42.6 Å². The molecule has 2 amide bonds. The van der Waals surface area contributed by atoms with Gasteiger partial charge in [0.1, 0.15) is 12.4 Å². The molecule has 2 heterocycles. The van der Waals surface area contributed by atoms with Crippen LogP contribution in [0.25, 0.3) is 0 Å². The fraction of sp³-hybridized carbons (Fsp3) is 0.316. The van der Waals surface area contributed by atoms with E-state index in [0.717, 1.165) is 0 Å². The number of rotatable bonds is 5. The average Bonchev–Trinajstić information content (AvgIpc) is 2.67. The van der Waals surface area contributed by atoms with Crippen LogP contribution in [0.4, 0.5) is 10.1 Å². The van der Waals surface area contributed by atoms with Gasteiger partial charge in [0.2, 0.25) is 17.7 Å². The third kappa shape index (κ3) is 3.99. The second-order valence-electron chi connectivity index (χ2n) is 6.01. The number of ether oxygens (including phenoxy) is 1. The number of hydrogen-bond acceptors (Lipinski definition) is 4. The molecular formula is C19H20FN3O3. The predicted octanol–water partition coefficient (Wildman–Crippen LogP) is 2.04. The summed E-state index contributed by atoms with van der Waals surface area (Å²) in [4.78, 5) is 32.0. The highest BCUT2D eigenvalue weighted by Gasteiger charge is 2.28. The Kier molecular flexibility index (Phi) is 5.46. The third-order valence-corrected chi connectivity index (χ3v) is 4.38. The number of piperazine rings is 1. The number of amides is 2. The van der Waals surface area contributed by atoms with Gasteiger partial charge in [-0.25, -0.2) is 9.37 Å². The second kappa shape index (κ2) is 7.95. The van der Waals surface area contributed by atoms with Crippen LogP contribution >= 0.6 is 0 Å². The van der Waals surface area contributed by atoms with Crippen LogP contribution < -0.4 is 9.64 Å². The minimum Gasteiger partial charge on any atom is -0.481 e. The number of aromatic nitrogens is 1. The fourth-order valence-electron chi connectivity index (χ4n) is 2.94. The van der Waals surface area contributed by atoms with Crippen molar-refractivity contribution in [1.82, 2.24) is 9.88 Å². The molecule has 6 nitrogen and oxygen atoms in total. The van der Waals surface area contributed by atoms with E-state index < -0.39 is 0 Å². The van der Waals surface area contributed by atoms with Crippen LogP contribution in [0.3, 0.4) is 0 Å². The van der Waals surface area contributed by atoms with Gasteiger partial charge in [-0.1, -0.05) is 18.2 Å². The lowest BCUT2D eigenvalue weighted by Gasteiger charge is -2.34. The highest BCUT2D eigenvalue weighted by molar-refractivity contribution is 5.98. The molecule has 2 aromatic rings. The first-order valence-corrected chi connectivity index (χ1v) is 8.40. The number of benzene rings is 1. The lowest BCUT2D eigenvalue weighted by Crippen LogP contribution is -2.52. The Morgan fingerprint density at radius 3 is 2.81 bits per heavy atom. The molecule has 0 atom stereocenters. The standard InChI is InChI=1S/C19H20FN3O3/c1-26-17-12-15(8-9-21-17)23-11-10-22(13-19(23)25)18(24)7-6-14-4-2-3-5-16(14)20/h2-5,8-9,12H,6-7,10-11,13H2,1H3. The molecule has 26 heavy (non-hydrogen) atoms. The monoisotopic (exact) mass is 357 g/mol. The molecule has 1 aliphatic rings. The van der Waals surface area contributed by atoms with Gasteiger partial charge in [-0.3, -0.25) is 9.59 Å². The van der Waals surface area contributed by atoms with Crippen molar-refractivity contribution in [3.05, 3.63) is 54.0 Å². The van der Waals surface area contributed by atoms with Crippen LogP contribution in [0, 0.1) is 5.82 Å². The summed E-state index contributed by atoms with van der Waals surface area (Å²) < 4.78 is 18.7. The first-order chi connectivity index (χ1) is 12.6. The van der Waals surface area contributed by atoms with Crippen molar-refractivity contribution >= 4 is 17.5 Å². The summed E-state index contributed by atoms with van der Waals surface area (Å²) in [6.07, 6.45) is 2.08. The molecule has 7 heteroatoms. The van der Waals surface area contributed by atoms with E-state index in [1.54, 1.807) is 41.4 Å². The molecule has 0 saturated carbocycles. The fourth-order valence-corrected chi connectivity index (χ4v) is 2.94. The smallest absolute Gasteiger partial charge is 0.246 e. The molecule has 0 unspecified atom stereocenters. The van der Waals surface area contributed by atoms with E-state index in [4.69, 9.17) is 4.74 Å². The van der Waals surface area contributed by atoms with Crippen molar-refractivity contribution in [2.24, 2.45) is 0 Å². The van der Waals surface area contributed by atoms with Crippen molar-refractivity contribution < 1.29 is 18.7 Å². The molecule has 1 aromatic carbocycles. The lowest BCUT2D eigenvalue weighted by molar-refractivity contribution is -0.136. The normalized spacial score (nSPS) is 14.5. The molecular weight excluding hydrogens is 337 g/mol. The van der Waals surface area contributed by atoms with E-state index in [1.165, 1.54) is 18.1 Å². The summed E-state index contributed by atoms with van der Waals surface area (Å²) in [6, 6.07) is 9.83. The van der Waals surface area contributed by atoms with Crippen molar-refractivity contribution in [2.45, 2.75) is 12.8 Å². The Hall–Kier alpha value is -2.96. The maximum Gasteiger partial charge on any atom is 0.246 e. The second-order valence-corrected chi connectivity index (χ2v) is 6.01. The number of aryl methyl sites for hydroxylation is 1. The molecule has 1 aromatic heterocycles. The number of pyridine rings is 1. The summed E-state index contributed by atoms with van der Waals surface area (Å²) in [5, 5.41) is 0. The topological polar surface area (TPSA) is 62.7 Å². The summed E-state index contributed by atoms with van der Waals surface area (Å²) in [6.45, 7) is 0.852. The molecule has 1 fully saturated rings. The van der Waals surface area contributed by atoms with Gasteiger partial charge in [-0.15, -0.1) is 0 Å². The van der Waals surface area contributed by atoms with E-state index in [9.17, 15) is 14.0 Å². The number of carbonyl (C=O) groups excluding carboxylic acids is 2. The van der Waals surface area contributed by atoms with E-state index >= 15 is 0 Å². The first kappa shape index (κ1) is 17.8. The van der Waals surface area contributed by atoms with E-state index in [0.29, 0.717) is 36.6 Å². The Morgan fingerprint density at radius 2 is 2.08 bits per heavy atom. The van der Waals surface area contributed by atoms with Gasteiger partial charge >= 0.3 is 0 Å². The molecule has 0 N–H and O–H groups in total. The zero-order chi connectivity index (χ0) is 18.5. The number of carbonyl (C=O) groups is 2. The maximum absolute atomic E-state index is 13.6. The Bertz CT molecular complexity index is 812. The van der Waals surface area contributed by atoms with Crippen molar-refractivity contribution in [2.75, 3.05) is 31.6 Å². The van der Waals surface area contributed by atoms with Gasteiger partial charge in [0.05, 0.1) is 12.8 Å². The maximum atomic E-state index is 13.6. The van der Waals surface area contributed by atoms with Gasteiger partial charge in [0.15, 0.2) is 0 Å². The zero-order valence-electron chi connectivity index (χ0n) is 14.5. The molecule has 0 aliphatic carbocycles. The van der Waals surface area contributed by atoms with Crippen LogP contribution in [0.2, 0.25) is 0 Å². The van der Waals surface area contributed by atoms with Crippen molar-refractivity contribution in [3.8, 4) is 5.88 Å². The highest BCUT2D eigenvalue weighted by atomic mass is 19.1. The van der Waals surface area contributed by atoms with Gasteiger partial charge in [0, 0.05) is 31.8 Å². The Balaban J connectivity index is 1.58. The third-order valence-electron chi connectivity index (χ3n) is 4.38. The SMILES string of the molecule is COc1cc(N2CCN(C(=O)CCc3ccccc3F)CC2=O)ccn1. The summed E-state index contributed by atoms with van der Waals surface area (Å²) in [5.41, 5.74) is 1.20. The summed E-state index contributed by atoms with van der Waals surface area (Å²) in [5.74, 6) is -0.191. The average molecular weight is 357 g/mol. The van der Waals surface area contributed by atoms with E-state index in [1.807, 2.05) is 0 Å². The molecule has 136 valence electrons. The highest BCUT2D eigenvalue weighted by Crippen LogP contribution is 2.21.